The van der Waals surface area contributed by atoms with E-state index in [1.165, 1.54) is 27.1 Å². The van der Waals surface area contributed by atoms with Gasteiger partial charge in [0.2, 0.25) is 0 Å². The molecule has 0 saturated carbocycles. The maximum Gasteiger partial charge on any atom is 0.261 e. The van der Waals surface area contributed by atoms with Crippen molar-refractivity contribution < 1.29 is 14.3 Å². The number of aromatic nitrogens is 2. The van der Waals surface area contributed by atoms with E-state index in [4.69, 9.17) is 4.74 Å². The normalized spacial score (nSPS) is 23.0. The summed E-state index contributed by atoms with van der Waals surface area (Å²) in [5, 5.41) is 1.18. The largest absolute Gasteiger partial charge is 0.373 e. The molecule has 0 radical (unpaired) electrons. The van der Waals surface area contributed by atoms with Crippen molar-refractivity contribution in [1.82, 2.24) is 14.9 Å². The zero-order valence-electron chi connectivity index (χ0n) is 17.9. The van der Waals surface area contributed by atoms with Gasteiger partial charge in [0.1, 0.15) is 17.0 Å². The van der Waals surface area contributed by atoms with Crippen LogP contribution in [0.25, 0.3) is 10.2 Å². The van der Waals surface area contributed by atoms with E-state index in [0.29, 0.717) is 30.2 Å². The van der Waals surface area contributed by atoms with Crippen molar-refractivity contribution in [3.63, 3.8) is 0 Å². The van der Waals surface area contributed by atoms with Gasteiger partial charge in [0.05, 0.1) is 35.8 Å². The van der Waals surface area contributed by atoms with Crippen molar-refractivity contribution in [3.05, 3.63) is 52.2 Å². The second-order valence-electron chi connectivity index (χ2n) is 8.93. The summed E-state index contributed by atoms with van der Waals surface area (Å²) < 4.78 is 5.98. The van der Waals surface area contributed by atoms with Gasteiger partial charge in [-0.1, -0.05) is 19.1 Å². The highest BCUT2D eigenvalue weighted by Crippen LogP contribution is 2.41. The number of ether oxygens (including phenoxy) is 1. The Kier molecular flexibility index (Phi) is 4.73. The lowest BCUT2D eigenvalue weighted by Crippen LogP contribution is -2.49. The lowest BCUT2D eigenvalue weighted by molar-refractivity contribution is 0.0167. The molecule has 3 aliphatic rings. The van der Waals surface area contributed by atoms with Crippen LogP contribution in [0.4, 0.5) is 5.82 Å². The minimum atomic E-state index is -0.259. The van der Waals surface area contributed by atoms with Gasteiger partial charge in [-0.25, -0.2) is 9.97 Å². The summed E-state index contributed by atoms with van der Waals surface area (Å²) in [5.74, 6) is 1.19. The van der Waals surface area contributed by atoms with Crippen LogP contribution in [0.5, 0.6) is 0 Å². The number of thiophene rings is 1. The lowest BCUT2D eigenvalue weighted by atomic mass is 9.89. The van der Waals surface area contributed by atoms with Gasteiger partial charge in [-0.05, 0) is 42.9 Å². The maximum atomic E-state index is 12.8. The monoisotopic (exact) mass is 448 g/mol. The molecule has 0 spiro atoms. The number of nitrogens with zero attached hydrogens (tertiary/aromatic N) is 4. The molecule has 2 amide bonds. The van der Waals surface area contributed by atoms with E-state index in [2.05, 4.69) is 21.8 Å². The number of imide groups is 1. The first-order valence-electron chi connectivity index (χ1n) is 11.2. The van der Waals surface area contributed by atoms with E-state index in [-0.39, 0.29) is 24.5 Å². The summed E-state index contributed by atoms with van der Waals surface area (Å²) in [6.07, 6.45) is 4.77. The first-order chi connectivity index (χ1) is 15.6. The third-order valence-electron chi connectivity index (χ3n) is 6.77. The SMILES string of the molecule is CC1CCc2c(sc3ncnc(N4CCOC(CN5C(=O)c6ccccc6C5=O)C4)c23)C1. The maximum absolute atomic E-state index is 12.8. The van der Waals surface area contributed by atoms with Gasteiger partial charge in [-0.15, -0.1) is 11.3 Å². The highest BCUT2D eigenvalue weighted by atomic mass is 32.1. The number of fused-ring (bicyclic) bond motifs is 4. The number of carbonyl (C=O) groups excluding carboxylic acids is 2. The van der Waals surface area contributed by atoms with Crippen LogP contribution in [0.2, 0.25) is 0 Å². The van der Waals surface area contributed by atoms with Crippen LogP contribution in [0.3, 0.4) is 0 Å². The number of carbonyl (C=O) groups is 2. The number of amides is 2. The van der Waals surface area contributed by atoms with Crippen LogP contribution < -0.4 is 4.90 Å². The van der Waals surface area contributed by atoms with Crippen molar-refractivity contribution in [2.75, 3.05) is 31.1 Å². The molecular formula is C24H24N4O3S. The summed E-state index contributed by atoms with van der Waals surface area (Å²) in [7, 11) is 0. The predicted molar refractivity (Wildman–Crippen MR) is 122 cm³/mol. The molecule has 8 heteroatoms. The van der Waals surface area contributed by atoms with Gasteiger partial charge in [0, 0.05) is 18.0 Å². The number of hydrogen-bond donors (Lipinski definition) is 0. The molecule has 2 aromatic heterocycles. The third kappa shape index (κ3) is 3.12. The van der Waals surface area contributed by atoms with Crippen molar-refractivity contribution in [2.45, 2.75) is 32.3 Å². The Labute approximate surface area is 190 Å². The summed E-state index contributed by atoms with van der Waals surface area (Å²) >= 11 is 1.80. The zero-order chi connectivity index (χ0) is 21.8. The fourth-order valence-corrected chi connectivity index (χ4v) is 6.47. The lowest BCUT2D eigenvalue weighted by Gasteiger charge is -2.35. The topological polar surface area (TPSA) is 75.6 Å². The van der Waals surface area contributed by atoms with Crippen LogP contribution in [-0.2, 0) is 17.6 Å². The molecule has 0 bridgehead atoms. The minimum Gasteiger partial charge on any atom is -0.373 e. The molecule has 2 unspecified atom stereocenters. The predicted octanol–water partition coefficient (Wildman–Crippen LogP) is 3.32. The fourth-order valence-electron chi connectivity index (χ4n) is 5.13. The van der Waals surface area contributed by atoms with Gasteiger partial charge >= 0.3 is 0 Å². The average Bonchev–Trinajstić information content (AvgIpc) is 3.29. The van der Waals surface area contributed by atoms with Gasteiger partial charge in [-0.3, -0.25) is 14.5 Å². The molecule has 1 fully saturated rings. The molecule has 1 saturated heterocycles. The summed E-state index contributed by atoms with van der Waals surface area (Å²) in [6.45, 7) is 4.40. The smallest absolute Gasteiger partial charge is 0.261 e. The summed E-state index contributed by atoms with van der Waals surface area (Å²) in [6, 6.07) is 6.99. The number of morpholine rings is 1. The van der Waals surface area contributed by atoms with Crippen molar-refractivity contribution >= 4 is 39.2 Å². The summed E-state index contributed by atoms with van der Waals surface area (Å²) in [5.41, 5.74) is 2.35. The quantitative estimate of drug-likeness (QED) is 0.572. The van der Waals surface area contributed by atoms with E-state index in [1.807, 2.05) is 0 Å². The van der Waals surface area contributed by atoms with Gasteiger partial charge in [0.25, 0.3) is 11.8 Å². The molecule has 0 N–H and O–H groups in total. The van der Waals surface area contributed by atoms with Crippen LogP contribution in [0.1, 0.15) is 44.5 Å². The number of benzene rings is 1. The highest BCUT2D eigenvalue weighted by molar-refractivity contribution is 7.19. The Balaban J connectivity index is 1.26. The molecule has 7 nitrogen and oxygen atoms in total. The Morgan fingerprint density at radius 1 is 1.16 bits per heavy atom. The molecule has 4 heterocycles. The van der Waals surface area contributed by atoms with Crippen molar-refractivity contribution in [2.24, 2.45) is 5.92 Å². The standard InChI is InChI=1S/C24H24N4O3S/c1-14-6-7-18-19(10-14)32-22-20(18)21(25-13-26-22)27-8-9-31-15(11-27)12-28-23(29)16-4-2-3-5-17(16)24(28)30/h2-5,13-15H,6-12H2,1H3. The number of rotatable bonds is 3. The number of aryl methyl sites for hydroxylation is 1. The van der Waals surface area contributed by atoms with Crippen molar-refractivity contribution in [3.8, 4) is 0 Å². The summed E-state index contributed by atoms with van der Waals surface area (Å²) in [4.78, 5) is 40.8. The fraction of sp³-hybridized carbons (Fsp3) is 0.417. The Hall–Kier alpha value is -2.84. The van der Waals surface area contributed by atoms with E-state index in [0.717, 1.165) is 30.0 Å². The first-order valence-corrected chi connectivity index (χ1v) is 12.0. The Bertz CT molecular complexity index is 1200. The van der Waals surface area contributed by atoms with E-state index >= 15 is 0 Å². The molecule has 2 aliphatic heterocycles. The third-order valence-corrected chi connectivity index (χ3v) is 7.94. The second kappa shape index (κ2) is 7.64. The van der Waals surface area contributed by atoms with Crippen LogP contribution in [0.15, 0.2) is 30.6 Å². The minimum absolute atomic E-state index is 0.239. The van der Waals surface area contributed by atoms with Gasteiger partial charge in [0.15, 0.2) is 0 Å². The molecule has 6 rings (SSSR count). The average molecular weight is 449 g/mol. The van der Waals surface area contributed by atoms with Gasteiger partial charge in [-0.2, -0.15) is 0 Å². The van der Waals surface area contributed by atoms with Crippen molar-refractivity contribution in [1.29, 1.82) is 0 Å². The molecule has 1 aliphatic carbocycles. The van der Waals surface area contributed by atoms with Gasteiger partial charge < -0.3 is 9.64 Å². The van der Waals surface area contributed by atoms with Crippen LogP contribution in [-0.4, -0.2) is 59.0 Å². The number of hydrogen-bond acceptors (Lipinski definition) is 7. The first kappa shape index (κ1) is 19.8. The van der Waals surface area contributed by atoms with Crippen LogP contribution in [0, 0.1) is 5.92 Å². The zero-order valence-corrected chi connectivity index (χ0v) is 18.7. The highest BCUT2D eigenvalue weighted by Gasteiger charge is 2.38. The van der Waals surface area contributed by atoms with E-state index < -0.39 is 0 Å². The molecule has 2 atom stereocenters. The molecular weight excluding hydrogens is 424 g/mol. The Morgan fingerprint density at radius 3 is 2.72 bits per heavy atom. The second-order valence-corrected chi connectivity index (χ2v) is 10.0. The number of anilines is 1. The van der Waals surface area contributed by atoms with E-state index in [1.54, 1.807) is 41.9 Å². The molecule has 32 heavy (non-hydrogen) atoms. The Morgan fingerprint density at radius 2 is 1.94 bits per heavy atom. The van der Waals surface area contributed by atoms with Crippen LogP contribution >= 0.6 is 11.3 Å². The molecule has 164 valence electrons. The van der Waals surface area contributed by atoms with E-state index in [9.17, 15) is 9.59 Å². The molecule has 1 aromatic carbocycles. The molecule has 3 aromatic rings.